The number of piperidine rings is 1. The highest BCUT2D eigenvalue weighted by Gasteiger charge is 2.34. The van der Waals surface area contributed by atoms with E-state index in [4.69, 9.17) is 0 Å². The zero-order valence-electron chi connectivity index (χ0n) is 13.8. The first-order chi connectivity index (χ1) is 12.5. The average molecular weight is 361 g/mol. The molecule has 136 valence electrons. The van der Waals surface area contributed by atoms with Gasteiger partial charge in [-0.25, -0.2) is 18.3 Å². The standard InChI is InChI=1S/C16H17F2N7O/c17-16(18)5-8-24(9-6-16)14-4-3-13-19-10-11(25(13)23-14)15(26)21-12-2-1-7-20-22-12/h1-4,10,20H,5-9H2,(H,21,22,26). The summed E-state index contributed by atoms with van der Waals surface area (Å²) in [6.07, 6.45) is 4.54. The molecule has 0 saturated carbocycles. The maximum absolute atomic E-state index is 13.4. The molecule has 2 aromatic heterocycles. The van der Waals surface area contributed by atoms with E-state index in [1.165, 1.54) is 10.7 Å². The molecule has 2 aliphatic rings. The van der Waals surface area contributed by atoms with Crippen molar-refractivity contribution in [1.29, 1.82) is 0 Å². The summed E-state index contributed by atoms with van der Waals surface area (Å²) in [5, 5.41) is 11.1. The van der Waals surface area contributed by atoms with Gasteiger partial charge in [-0.1, -0.05) is 6.08 Å². The fourth-order valence-corrected chi connectivity index (χ4v) is 2.89. The first kappa shape index (κ1) is 16.4. The molecule has 1 fully saturated rings. The number of anilines is 1. The predicted octanol–water partition coefficient (Wildman–Crippen LogP) is 1.17. The third-order valence-corrected chi connectivity index (χ3v) is 4.33. The Morgan fingerprint density at radius 3 is 2.81 bits per heavy atom. The lowest BCUT2D eigenvalue weighted by Gasteiger charge is -2.32. The lowest BCUT2D eigenvalue weighted by atomic mass is 10.1. The smallest absolute Gasteiger partial charge is 0.277 e. The Labute approximate surface area is 147 Å². The van der Waals surface area contributed by atoms with E-state index in [1.807, 2.05) is 6.08 Å². The zero-order chi connectivity index (χ0) is 18.1. The molecule has 2 aliphatic heterocycles. The van der Waals surface area contributed by atoms with Crippen molar-refractivity contribution in [2.75, 3.05) is 24.5 Å². The van der Waals surface area contributed by atoms with Gasteiger partial charge in [0.1, 0.15) is 5.82 Å². The van der Waals surface area contributed by atoms with Gasteiger partial charge in [-0.3, -0.25) is 4.79 Å². The second-order valence-corrected chi connectivity index (χ2v) is 6.16. The number of hydrogen-bond donors (Lipinski definition) is 2. The summed E-state index contributed by atoms with van der Waals surface area (Å²) in [5.74, 6) is -2.09. The van der Waals surface area contributed by atoms with Gasteiger partial charge in [-0.05, 0) is 18.2 Å². The summed E-state index contributed by atoms with van der Waals surface area (Å²) in [4.78, 5) is 18.5. The minimum atomic E-state index is -2.62. The first-order valence-electron chi connectivity index (χ1n) is 8.28. The lowest BCUT2D eigenvalue weighted by Crippen LogP contribution is -2.40. The second kappa shape index (κ2) is 6.36. The van der Waals surface area contributed by atoms with Crippen LogP contribution in [0.1, 0.15) is 23.3 Å². The normalized spacial score (nSPS) is 19.2. The summed E-state index contributed by atoms with van der Waals surface area (Å²) >= 11 is 0. The molecule has 26 heavy (non-hydrogen) atoms. The molecule has 4 heterocycles. The molecular formula is C16H17F2N7O. The number of imidazole rings is 1. The Bertz CT molecular complexity index is 895. The topological polar surface area (TPSA) is 86.9 Å². The number of halogens is 2. The quantitative estimate of drug-likeness (QED) is 0.839. The maximum atomic E-state index is 13.4. The van der Waals surface area contributed by atoms with Crippen LogP contribution in [0.2, 0.25) is 0 Å². The van der Waals surface area contributed by atoms with Gasteiger partial charge in [0.2, 0.25) is 0 Å². The number of carbonyl (C=O) groups excluding carboxylic acids is 1. The number of aromatic nitrogens is 3. The van der Waals surface area contributed by atoms with Crippen molar-refractivity contribution < 1.29 is 13.6 Å². The molecule has 0 aliphatic carbocycles. The number of hydrogen-bond acceptors (Lipinski definition) is 6. The van der Waals surface area contributed by atoms with E-state index in [2.05, 4.69) is 25.9 Å². The van der Waals surface area contributed by atoms with E-state index in [-0.39, 0.29) is 31.6 Å². The van der Waals surface area contributed by atoms with Gasteiger partial charge in [0.05, 0.1) is 12.7 Å². The van der Waals surface area contributed by atoms with Gasteiger partial charge in [0.15, 0.2) is 17.2 Å². The fraction of sp³-hybridized carbons (Fsp3) is 0.375. The Kier molecular flexibility index (Phi) is 4.02. The van der Waals surface area contributed by atoms with E-state index >= 15 is 0 Å². The van der Waals surface area contributed by atoms with Crippen LogP contribution in [0.4, 0.5) is 14.6 Å². The number of hydrazone groups is 1. The SMILES string of the molecule is O=C(NC1=NNCC=C1)c1cnc2ccc(N3CCC(F)(F)CC3)nn12. The van der Waals surface area contributed by atoms with E-state index in [0.717, 1.165) is 0 Å². The van der Waals surface area contributed by atoms with Crippen LogP contribution < -0.4 is 15.6 Å². The third-order valence-electron chi connectivity index (χ3n) is 4.33. The molecule has 0 bridgehead atoms. The number of fused-ring (bicyclic) bond motifs is 1. The molecule has 10 heteroatoms. The molecule has 4 rings (SSSR count). The summed E-state index contributed by atoms with van der Waals surface area (Å²) in [6.45, 7) is 1.04. The Hall–Kier alpha value is -3.04. The zero-order valence-corrected chi connectivity index (χ0v) is 13.8. The van der Waals surface area contributed by atoms with Crippen molar-refractivity contribution in [1.82, 2.24) is 25.3 Å². The number of nitrogens with zero attached hydrogens (tertiary/aromatic N) is 5. The van der Waals surface area contributed by atoms with Gasteiger partial charge in [-0.2, -0.15) is 5.10 Å². The van der Waals surface area contributed by atoms with Gasteiger partial charge in [-0.15, -0.1) is 5.10 Å². The Balaban J connectivity index is 1.58. The van der Waals surface area contributed by atoms with E-state index in [1.54, 1.807) is 23.1 Å². The van der Waals surface area contributed by atoms with E-state index in [9.17, 15) is 13.6 Å². The van der Waals surface area contributed by atoms with Crippen LogP contribution >= 0.6 is 0 Å². The summed E-state index contributed by atoms with van der Waals surface area (Å²) in [7, 11) is 0. The molecule has 0 spiro atoms. The third kappa shape index (κ3) is 3.22. The molecule has 0 unspecified atom stereocenters. The molecule has 0 aromatic carbocycles. The fourth-order valence-electron chi connectivity index (χ4n) is 2.89. The average Bonchev–Trinajstić information content (AvgIpc) is 3.06. The highest BCUT2D eigenvalue weighted by molar-refractivity contribution is 6.09. The maximum Gasteiger partial charge on any atom is 0.277 e. The van der Waals surface area contributed by atoms with Crippen LogP contribution in [0.15, 0.2) is 35.6 Å². The highest BCUT2D eigenvalue weighted by atomic mass is 19.3. The molecule has 1 amide bonds. The number of amidine groups is 1. The van der Waals surface area contributed by atoms with Crippen molar-refractivity contribution in [2.45, 2.75) is 18.8 Å². The first-order valence-corrected chi connectivity index (χ1v) is 8.28. The van der Waals surface area contributed by atoms with Crippen molar-refractivity contribution in [2.24, 2.45) is 5.10 Å². The Morgan fingerprint density at radius 2 is 2.08 bits per heavy atom. The van der Waals surface area contributed by atoms with Crippen molar-refractivity contribution in [3.05, 3.63) is 36.2 Å². The second-order valence-electron chi connectivity index (χ2n) is 6.16. The van der Waals surface area contributed by atoms with Crippen LogP contribution in [0.25, 0.3) is 5.65 Å². The number of amides is 1. The Morgan fingerprint density at radius 1 is 1.27 bits per heavy atom. The van der Waals surface area contributed by atoms with Crippen LogP contribution in [0.3, 0.4) is 0 Å². The van der Waals surface area contributed by atoms with Crippen molar-refractivity contribution in [3.63, 3.8) is 0 Å². The summed E-state index contributed by atoms with van der Waals surface area (Å²) < 4.78 is 28.1. The minimum absolute atomic E-state index is 0.205. The van der Waals surface area contributed by atoms with Gasteiger partial charge >= 0.3 is 0 Å². The molecule has 0 atom stereocenters. The highest BCUT2D eigenvalue weighted by Crippen LogP contribution is 2.29. The molecule has 2 aromatic rings. The summed E-state index contributed by atoms with van der Waals surface area (Å²) in [6, 6.07) is 3.44. The molecule has 0 radical (unpaired) electrons. The van der Waals surface area contributed by atoms with Crippen LogP contribution in [-0.2, 0) is 0 Å². The minimum Gasteiger partial charge on any atom is -0.355 e. The predicted molar refractivity (Wildman–Crippen MR) is 91.4 cm³/mol. The number of alkyl halides is 2. The van der Waals surface area contributed by atoms with Crippen LogP contribution in [-0.4, -0.2) is 51.9 Å². The lowest BCUT2D eigenvalue weighted by molar-refractivity contribution is -0.0221. The largest absolute Gasteiger partial charge is 0.355 e. The van der Waals surface area contributed by atoms with E-state index in [0.29, 0.717) is 23.8 Å². The van der Waals surface area contributed by atoms with Crippen molar-refractivity contribution >= 4 is 23.2 Å². The van der Waals surface area contributed by atoms with Crippen LogP contribution in [0, 0.1) is 0 Å². The monoisotopic (exact) mass is 361 g/mol. The molecular weight excluding hydrogens is 344 g/mol. The van der Waals surface area contributed by atoms with Gasteiger partial charge < -0.3 is 15.6 Å². The van der Waals surface area contributed by atoms with Crippen molar-refractivity contribution in [3.8, 4) is 0 Å². The number of rotatable bonds is 2. The number of nitrogens with one attached hydrogen (secondary N) is 2. The molecule has 1 saturated heterocycles. The van der Waals surface area contributed by atoms with Gasteiger partial charge in [0, 0.05) is 25.9 Å². The van der Waals surface area contributed by atoms with E-state index < -0.39 is 11.8 Å². The van der Waals surface area contributed by atoms with Gasteiger partial charge in [0.25, 0.3) is 11.8 Å². The summed E-state index contributed by atoms with van der Waals surface area (Å²) in [5.41, 5.74) is 3.50. The molecule has 8 nitrogen and oxygen atoms in total. The number of carbonyl (C=O) groups is 1. The van der Waals surface area contributed by atoms with Crippen LogP contribution in [0.5, 0.6) is 0 Å². The molecule has 2 N–H and O–H groups in total.